The molecule has 0 saturated carbocycles. The molecule has 1 aromatic carbocycles. The molecule has 1 aromatic rings. The molecule has 0 spiro atoms. The summed E-state index contributed by atoms with van der Waals surface area (Å²) in [5, 5.41) is 14.2. The van der Waals surface area contributed by atoms with E-state index < -0.39 is 10.8 Å². The number of quaternary nitrogens is 1. The van der Waals surface area contributed by atoms with Gasteiger partial charge in [-0.25, -0.2) is 4.79 Å². The average Bonchev–Trinajstić information content (AvgIpc) is 2.82. The Morgan fingerprint density at radius 1 is 1.25 bits per heavy atom. The van der Waals surface area contributed by atoms with Gasteiger partial charge < -0.3 is 10.9 Å². The number of carbonyl (C=O) groups excluding carboxylic acids is 1. The van der Waals surface area contributed by atoms with Crippen LogP contribution in [0.4, 0.5) is 10.5 Å². The fourth-order valence-corrected chi connectivity index (χ4v) is 2.04. The molecule has 1 fully saturated rings. The molecule has 0 aliphatic carbocycles. The summed E-state index contributed by atoms with van der Waals surface area (Å²) in [6, 6.07) is 7.66. The number of nitrogens with two attached hydrogens (primary N) is 1. The van der Waals surface area contributed by atoms with Crippen molar-refractivity contribution < 1.29 is 4.79 Å². The molecule has 1 aliphatic rings. The summed E-state index contributed by atoms with van der Waals surface area (Å²) in [5.41, 5.74) is 5.63. The third kappa shape index (κ3) is 1.69. The molecule has 5 nitrogen and oxygen atoms in total. The summed E-state index contributed by atoms with van der Waals surface area (Å²) in [5.74, 6) is 0. The van der Waals surface area contributed by atoms with Gasteiger partial charge in [0, 0.05) is 25.2 Å². The van der Waals surface area contributed by atoms with Crippen LogP contribution in [0.5, 0.6) is 0 Å². The van der Waals surface area contributed by atoms with Gasteiger partial charge in [-0.1, -0.05) is 18.2 Å². The Kier molecular flexibility index (Phi) is 2.91. The zero-order chi connectivity index (χ0) is 11.6. The first-order valence-electron chi connectivity index (χ1n) is 5.37. The third-order valence-electron chi connectivity index (χ3n) is 2.89. The zero-order valence-corrected chi connectivity index (χ0v) is 9.00. The molecule has 0 aromatic heterocycles. The highest BCUT2D eigenvalue weighted by atomic mass is 16.6. The van der Waals surface area contributed by atoms with E-state index in [-0.39, 0.29) is 0 Å². The van der Waals surface area contributed by atoms with Crippen LogP contribution < -0.4 is 10.5 Å². The van der Waals surface area contributed by atoms with Crippen LogP contribution in [-0.2, 0) is 0 Å². The van der Waals surface area contributed by atoms with Gasteiger partial charge in [0.05, 0.1) is 0 Å². The molecular weight excluding hydrogens is 206 g/mol. The predicted molar refractivity (Wildman–Crippen MR) is 62.0 cm³/mol. The number of amides is 2. The monoisotopic (exact) mass is 221 g/mol. The quantitative estimate of drug-likeness (QED) is 0.609. The van der Waals surface area contributed by atoms with E-state index in [1.807, 2.05) is 0 Å². The summed E-state index contributed by atoms with van der Waals surface area (Å²) in [6.07, 6.45) is 1.87. The van der Waals surface area contributed by atoms with E-state index in [1.165, 1.54) is 0 Å². The van der Waals surface area contributed by atoms with Crippen molar-refractivity contribution in [1.29, 1.82) is 0 Å². The van der Waals surface area contributed by atoms with Gasteiger partial charge in [-0.2, -0.15) is 4.76 Å². The maximum absolute atomic E-state index is 12.6. The molecule has 86 valence electrons. The molecule has 1 aliphatic heterocycles. The molecule has 0 bridgehead atoms. The Morgan fingerprint density at radius 2 is 1.81 bits per heavy atom. The normalized spacial score (nSPS) is 20.6. The fraction of sp³-hybridized carbons (Fsp3) is 0.364. The van der Waals surface area contributed by atoms with E-state index in [9.17, 15) is 10.0 Å². The van der Waals surface area contributed by atoms with Gasteiger partial charge in [0.1, 0.15) is 0 Å². The molecule has 2 rings (SSSR count). The number of urea groups is 1. The van der Waals surface area contributed by atoms with Crippen LogP contribution in [0.1, 0.15) is 12.8 Å². The summed E-state index contributed by atoms with van der Waals surface area (Å²) in [4.78, 5) is 11.4. The maximum Gasteiger partial charge on any atom is 0.438 e. The van der Waals surface area contributed by atoms with Gasteiger partial charge in [-0.3, -0.25) is 0 Å². The molecule has 1 atom stereocenters. The second kappa shape index (κ2) is 4.21. The minimum absolute atomic E-state index is 0.372. The lowest BCUT2D eigenvalue weighted by molar-refractivity contribution is 0.0890. The Balaban J connectivity index is 2.39. The van der Waals surface area contributed by atoms with Crippen molar-refractivity contribution in [2.75, 3.05) is 13.1 Å². The maximum atomic E-state index is 12.6. The standard InChI is InChI=1S/C11H15N3O2/c12-11(15)14(16,13-8-4-5-9-13)10-6-2-1-3-7-10/h1-3,6-7H,4-5,8-9H2,(H2,12,15). The first-order chi connectivity index (χ1) is 7.65. The lowest BCUT2D eigenvalue weighted by Gasteiger charge is -2.42. The van der Waals surface area contributed by atoms with Crippen molar-refractivity contribution in [2.45, 2.75) is 12.8 Å². The smallest absolute Gasteiger partial charge is 0.438 e. The van der Waals surface area contributed by atoms with Gasteiger partial charge in [0.15, 0.2) is 5.69 Å². The molecule has 0 radical (unpaired) electrons. The molecule has 1 saturated heterocycles. The Bertz CT molecular complexity index is 376. The third-order valence-corrected chi connectivity index (χ3v) is 2.89. The molecule has 16 heavy (non-hydrogen) atoms. The van der Waals surface area contributed by atoms with Crippen LogP contribution in [0.3, 0.4) is 0 Å². The molecular formula is C11H15N3O2. The fourth-order valence-electron chi connectivity index (χ4n) is 2.04. The highest BCUT2D eigenvalue weighted by Gasteiger charge is 2.37. The van der Waals surface area contributed by atoms with Crippen molar-refractivity contribution in [3.63, 3.8) is 0 Å². The first-order valence-corrected chi connectivity index (χ1v) is 5.37. The van der Waals surface area contributed by atoms with Gasteiger partial charge in [-0.15, -0.1) is 5.01 Å². The highest BCUT2D eigenvalue weighted by molar-refractivity contribution is 5.85. The van der Waals surface area contributed by atoms with Crippen molar-refractivity contribution >= 4 is 11.7 Å². The molecule has 2 amide bonds. The van der Waals surface area contributed by atoms with E-state index in [4.69, 9.17) is 5.73 Å². The van der Waals surface area contributed by atoms with E-state index in [0.29, 0.717) is 18.8 Å². The number of hydrogen-bond acceptors (Lipinski definition) is 3. The van der Waals surface area contributed by atoms with Crippen LogP contribution >= 0.6 is 0 Å². The van der Waals surface area contributed by atoms with Crippen molar-refractivity contribution in [3.05, 3.63) is 35.5 Å². The topological polar surface area (TPSA) is 69.4 Å². The Morgan fingerprint density at radius 3 is 2.31 bits per heavy atom. The van der Waals surface area contributed by atoms with Crippen LogP contribution in [0.2, 0.25) is 0 Å². The number of para-hydroxylation sites is 1. The SMILES string of the molecule is NC(=O)[N+]([O-])(c1ccccc1)N1CCCC1. The van der Waals surface area contributed by atoms with Crippen LogP contribution in [0, 0.1) is 5.21 Å². The molecule has 1 unspecified atom stereocenters. The predicted octanol–water partition coefficient (Wildman–Crippen LogP) is 1.58. The van der Waals surface area contributed by atoms with Crippen LogP contribution in [-0.4, -0.2) is 24.1 Å². The average molecular weight is 221 g/mol. The number of carbonyl (C=O) groups is 1. The number of rotatable bonds is 2. The van der Waals surface area contributed by atoms with E-state index in [1.54, 1.807) is 35.3 Å². The summed E-state index contributed by atoms with van der Waals surface area (Å²) < 4.78 is -1.17. The number of hydroxylamine groups is 1. The minimum atomic E-state index is -1.17. The van der Waals surface area contributed by atoms with Gasteiger partial charge in [-0.05, 0) is 12.8 Å². The lowest BCUT2D eigenvalue weighted by Crippen LogP contribution is -2.62. The van der Waals surface area contributed by atoms with Crippen molar-refractivity contribution in [3.8, 4) is 0 Å². The first kappa shape index (κ1) is 11.1. The van der Waals surface area contributed by atoms with Crippen molar-refractivity contribution in [1.82, 2.24) is 9.76 Å². The van der Waals surface area contributed by atoms with Gasteiger partial charge in [0.2, 0.25) is 0 Å². The Hall–Kier alpha value is -1.43. The second-order valence-electron chi connectivity index (χ2n) is 3.91. The largest absolute Gasteiger partial charge is 0.597 e. The lowest BCUT2D eigenvalue weighted by atomic mass is 10.3. The Labute approximate surface area is 94.2 Å². The van der Waals surface area contributed by atoms with Crippen molar-refractivity contribution in [2.24, 2.45) is 5.73 Å². The highest BCUT2D eigenvalue weighted by Crippen LogP contribution is 2.27. The van der Waals surface area contributed by atoms with E-state index in [0.717, 1.165) is 12.8 Å². The minimum Gasteiger partial charge on any atom is -0.597 e. The van der Waals surface area contributed by atoms with E-state index >= 15 is 0 Å². The van der Waals surface area contributed by atoms with Gasteiger partial charge >= 0.3 is 6.03 Å². The molecule has 1 heterocycles. The van der Waals surface area contributed by atoms with Crippen LogP contribution in [0.25, 0.3) is 0 Å². The summed E-state index contributed by atoms with van der Waals surface area (Å²) in [7, 11) is 0. The molecule has 5 heteroatoms. The number of benzene rings is 1. The number of hydrogen-bond donors (Lipinski definition) is 1. The van der Waals surface area contributed by atoms with Crippen LogP contribution in [0.15, 0.2) is 30.3 Å². The summed E-state index contributed by atoms with van der Waals surface area (Å²) in [6.45, 7) is 1.22. The number of primary amides is 1. The summed E-state index contributed by atoms with van der Waals surface area (Å²) >= 11 is 0. The molecule has 2 N–H and O–H groups in total. The number of nitrogens with zero attached hydrogens (tertiary/aromatic N) is 2. The van der Waals surface area contributed by atoms with E-state index in [2.05, 4.69) is 0 Å². The van der Waals surface area contributed by atoms with Gasteiger partial charge in [0.25, 0.3) is 0 Å². The second-order valence-corrected chi connectivity index (χ2v) is 3.91. The zero-order valence-electron chi connectivity index (χ0n) is 9.00.